The summed E-state index contributed by atoms with van der Waals surface area (Å²) >= 11 is -4.69. The second-order valence-electron chi connectivity index (χ2n) is 8.88. The molecule has 40 heavy (non-hydrogen) atoms. The Morgan fingerprint density at radius 1 is 0.750 bits per heavy atom. The van der Waals surface area contributed by atoms with E-state index in [0.29, 0.717) is 22.9 Å². The molecule has 4 aromatic rings. The minimum atomic E-state index is -2.47. The lowest BCUT2D eigenvalue weighted by molar-refractivity contribution is 0.0601. The van der Waals surface area contributed by atoms with E-state index >= 15 is 0 Å². The van der Waals surface area contributed by atoms with Crippen molar-refractivity contribution in [3.05, 3.63) is 113 Å². The predicted molar refractivity (Wildman–Crippen MR) is 157 cm³/mol. The average Bonchev–Trinajstić information content (AvgIpc) is 2.94. The van der Waals surface area contributed by atoms with Crippen LogP contribution in [0.15, 0.2) is 91.0 Å². The van der Waals surface area contributed by atoms with E-state index in [1.54, 1.807) is 66.7 Å². The van der Waals surface area contributed by atoms with Gasteiger partial charge in [-0.15, -0.1) is 0 Å². The minimum Gasteiger partial charge on any atom is -0.465 e. The molecule has 0 spiro atoms. The van der Waals surface area contributed by atoms with Crippen LogP contribution in [0.3, 0.4) is 0 Å². The molecule has 0 saturated carbocycles. The van der Waals surface area contributed by atoms with Crippen LogP contribution in [-0.2, 0) is 33.8 Å². The molecule has 9 nitrogen and oxygen atoms in total. The van der Waals surface area contributed by atoms with E-state index < -0.39 is 28.5 Å². The fourth-order valence-electron chi connectivity index (χ4n) is 3.94. The molecule has 2 N–H and O–H groups in total. The maximum Gasteiger partial charge on any atom is 0.340 e. The Bertz CT molecular complexity index is 1530. The zero-order valence-electron chi connectivity index (χ0n) is 22.0. The molecule has 0 heterocycles. The van der Waals surface area contributed by atoms with Gasteiger partial charge in [-0.25, -0.2) is 17.5 Å². The first-order valence-electron chi connectivity index (χ1n) is 12.1. The third-order valence-corrected chi connectivity index (χ3v) is 7.45. The Morgan fingerprint density at radius 2 is 1.30 bits per heavy atom. The van der Waals surface area contributed by atoms with E-state index in [0.717, 1.165) is 21.0 Å². The monoisotopic (exact) mass is 580 g/mol. The summed E-state index contributed by atoms with van der Waals surface area (Å²) in [6, 6.07) is 25.8. The van der Waals surface area contributed by atoms with Gasteiger partial charge in [-0.2, -0.15) is 0 Å². The second kappa shape index (κ2) is 12.9. The van der Waals surface area contributed by atoms with Gasteiger partial charge < -0.3 is 9.47 Å². The van der Waals surface area contributed by atoms with Crippen LogP contribution >= 0.6 is 0 Å². The average molecular weight is 581 g/mol. The summed E-state index contributed by atoms with van der Waals surface area (Å²) in [5.41, 5.74) is 4.05. The van der Waals surface area contributed by atoms with E-state index in [1.165, 1.54) is 23.5 Å². The molecular formula is C29H28N2O7S2. The molecule has 208 valence electrons. The number of nitrogens with zero attached hydrogens (tertiary/aromatic N) is 2. The number of methoxy groups -OCH3 is 1. The summed E-state index contributed by atoms with van der Waals surface area (Å²) in [6.07, 6.45) is 0. The number of anilines is 3. The first kappa shape index (κ1) is 29.0. The summed E-state index contributed by atoms with van der Waals surface area (Å²) in [4.78, 5) is 12.7. The summed E-state index contributed by atoms with van der Waals surface area (Å²) in [7, 11) is 1.23. The number of aryl methyl sites for hydroxylation is 2. The van der Waals surface area contributed by atoms with E-state index in [4.69, 9.17) is 9.47 Å². The van der Waals surface area contributed by atoms with Gasteiger partial charge in [0.15, 0.2) is 0 Å². The third-order valence-electron chi connectivity index (χ3n) is 6.01. The van der Waals surface area contributed by atoms with Crippen molar-refractivity contribution in [2.45, 2.75) is 20.4 Å². The Hall–Kier alpha value is -4.03. The number of hydrogen-bond acceptors (Lipinski definition) is 5. The standard InChI is InChI=1S/C29H28N2O7S2/c1-20-4-10-23(11-5-20)30(39(33)34)19-22-8-14-25(15-9-22)38-26-16-17-28(27(18-26)29(32)37-3)31(40(35)36)24-12-6-21(2)7-13-24/h4-18H,19H2,1-3H3,(H,33,34)(H,35,36). The van der Waals surface area contributed by atoms with E-state index in [1.807, 2.05) is 26.0 Å². The van der Waals surface area contributed by atoms with Crippen LogP contribution in [0.25, 0.3) is 0 Å². The Balaban J connectivity index is 1.57. The lowest BCUT2D eigenvalue weighted by atomic mass is 10.1. The van der Waals surface area contributed by atoms with Crippen molar-refractivity contribution in [3.8, 4) is 11.5 Å². The Kier molecular flexibility index (Phi) is 9.33. The van der Waals surface area contributed by atoms with Gasteiger partial charge in [-0.1, -0.05) is 47.5 Å². The number of esters is 1. The van der Waals surface area contributed by atoms with Crippen molar-refractivity contribution >= 4 is 45.6 Å². The molecule has 0 aromatic heterocycles. The van der Waals surface area contributed by atoms with Gasteiger partial charge in [0.05, 0.1) is 36.3 Å². The number of carbonyl (C=O) groups excluding carboxylic acids is 1. The van der Waals surface area contributed by atoms with Crippen LogP contribution in [0, 0.1) is 13.8 Å². The van der Waals surface area contributed by atoms with Gasteiger partial charge in [0.25, 0.3) is 22.5 Å². The maximum atomic E-state index is 12.7. The van der Waals surface area contributed by atoms with Crippen molar-refractivity contribution < 1.29 is 31.8 Å². The van der Waals surface area contributed by atoms with Gasteiger partial charge >= 0.3 is 5.97 Å². The molecule has 0 aliphatic carbocycles. The van der Waals surface area contributed by atoms with Crippen LogP contribution in [0.1, 0.15) is 27.0 Å². The van der Waals surface area contributed by atoms with Crippen molar-refractivity contribution in [2.24, 2.45) is 0 Å². The zero-order chi connectivity index (χ0) is 28.8. The molecule has 2 atom stereocenters. The molecule has 11 heteroatoms. The molecule has 0 radical (unpaired) electrons. The summed E-state index contributed by atoms with van der Waals surface area (Å²) in [5, 5.41) is 0. The van der Waals surface area contributed by atoms with E-state index in [-0.39, 0.29) is 17.8 Å². The van der Waals surface area contributed by atoms with Crippen LogP contribution in [0.2, 0.25) is 0 Å². The lowest BCUT2D eigenvalue weighted by Gasteiger charge is -2.23. The molecule has 0 aliphatic rings. The molecule has 0 amide bonds. The first-order valence-corrected chi connectivity index (χ1v) is 14.2. The summed E-state index contributed by atoms with van der Waals surface area (Å²) in [5.74, 6) is 0.0641. The number of rotatable bonds is 10. The highest BCUT2D eigenvalue weighted by Crippen LogP contribution is 2.34. The maximum absolute atomic E-state index is 12.7. The zero-order valence-corrected chi connectivity index (χ0v) is 23.6. The van der Waals surface area contributed by atoms with Crippen LogP contribution < -0.4 is 13.3 Å². The van der Waals surface area contributed by atoms with Gasteiger partial charge in [0.1, 0.15) is 11.5 Å². The lowest BCUT2D eigenvalue weighted by Crippen LogP contribution is -2.24. The molecule has 0 fully saturated rings. The smallest absolute Gasteiger partial charge is 0.340 e. The van der Waals surface area contributed by atoms with Gasteiger partial charge in [0, 0.05) is 0 Å². The fraction of sp³-hybridized carbons (Fsp3) is 0.138. The molecule has 4 aromatic carbocycles. The van der Waals surface area contributed by atoms with Crippen molar-refractivity contribution in [1.29, 1.82) is 0 Å². The number of benzene rings is 4. The normalized spacial score (nSPS) is 12.3. The van der Waals surface area contributed by atoms with Crippen molar-refractivity contribution in [1.82, 2.24) is 0 Å². The number of hydrogen-bond donors (Lipinski definition) is 2. The fourth-order valence-corrected chi connectivity index (χ4v) is 5.13. The highest BCUT2D eigenvalue weighted by atomic mass is 32.2. The van der Waals surface area contributed by atoms with E-state index in [2.05, 4.69) is 0 Å². The Morgan fingerprint density at radius 3 is 1.82 bits per heavy atom. The second-order valence-corrected chi connectivity index (χ2v) is 10.6. The van der Waals surface area contributed by atoms with Crippen molar-refractivity contribution in [2.75, 3.05) is 15.7 Å². The molecule has 4 rings (SSSR count). The number of carbonyl (C=O) groups is 1. The summed E-state index contributed by atoms with van der Waals surface area (Å²) in [6.45, 7) is 4.04. The largest absolute Gasteiger partial charge is 0.465 e. The van der Waals surface area contributed by atoms with E-state index in [9.17, 15) is 22.3 Å². The van der Waals surface area contributed by atoms with Crippen molar-refractivity contribution in [3.63, 3.8) is 0 Å². The Labute approximate surface area is 237 Å². The molecule has 0 saturated heterocycles. The molecule has 2 unspecified atom stereocenters. The SMILES string of the molecule is COC(=O)c1cc(Oc2ccc(CN(c3ccc(C)cc3)S(=O)O)cc2)ccc1N(c1ccc(C)cc1)S(=O)O. The highest BCUT2D eigenvalue weighted by molar-refractivity contribution is 7.81. The minimum absolute atomic E-state index is 0.0405. The van der Waals surface area contributed by atoms with Crippen LogP contribution in [-0.4, -0.2) is 30.6 Å². The quantitative estimate of drug-likeness (QED) is 0.167. The first-order chi connectivity index (χ1) is 19.2. The molecule has 0 aliphatic heterocycles. The molecule has 0 bridgehead atoms. The van der Waals surface area contributed by atoms with Gasteiger partial charge in [-0.05, 0) is 74.0 Å². The topological polar surface area (TPSA) is 117 Å². The summed E-state index contributed by atoms with van der Waals surface area (Å²) < 4.78 is 57.5. The predicted octanol–water partition coefficient (Wildman–Crippen LogP) is 6.30. The number of ether oxygens (including phenoxy) is 2. The van der Waals surface area contributed by atoms with Crippen LogP contribution in [0.4, 0.5) is 17.1 Å². The van der Waals surface area contributed by atoms with Gasteiger partial charge in [-0.3, -0.25) is 13.4 Å². The molecular weight excluding hydrogens is 552 g/mol. The van der Waals surface area contributed by atoms with Crippen LogP contribution in [0.5, 0.6) is 11.5 Å². The third kappa shape index (κ3) is 6.93. The highest BCUT2D eigenvalue weighted by Gasteiger charge is 2.23. The van der Waals surface area contributed by atoms with Gasteiger partial charge in [0.2, 0.25) is 0 Å².